The molecule has 189 valence electrons. The van der Waals surface area contributed by atoms with E-state index in [1.54, 1.807) is 18.2 Å². The van der Waals surface area contributed by atoms with Crippen LogP contribution in [0.15, 0.2) is 40.9 Å². The highest BCUT2D eigenvalue weighted by atomic mass is 79.9. The molecule has 34 heavy (non-hydrogen) atoms. The Bertz CT molecular complexity index is 789. The zero-order valence-electron chi connectivity index (χ0n) is 20.9. The van der Waals surface area contributed by atoms with Gasteiger partial charge in [-0.15, -0.1) is 0 Å². The third kappa shape index (κ3) is 14.1. The summed E-state index contributed by atoms with van der Waals surface area (Å²) in [5, 5.41) is 8.44. The van der Waals surface area contributed by atoms with Crippen molar-refractivity contribution in [3.63, 3.8) is 0 Å². The Morgan fingerprint density at radius 2 is 1.18 bits per heavy atom. The summed E-state index contributed by atoms with van der Waals surface area (Å²) in [6.07, 6.45) is 17.0. The van der Waals surface area contributed by atoms with Crippen molar-refractivity contribution < 1.29 is 18.5 Å². The van der Waals surface area contributed by atoms with Gasteiger partial charge in [0.05, 0.1) is 4.47 Å². The molecule has 2 nitrogen and oxygen atoms in total. The minimum Gasteiger partial charge on any atom is -0.535 e. The molecule has 0 aromatic heterocycles. The highest BCUT2D eigenvalue weighted by molar-refractivity contribution is 9.10. The van der Waals surface area contributed by atoms with Gasteiger partial charge in [-0.2, -0.15) is 0 Å². The summed E-state index contributed by atoms with van der Waals surface area (Å²) in [7, 11) is 0.492. The van der Waals surface area contributed by atoms with Crippen molar-refractivity contribution in [3.8, 4) is 5.75 Å². The quantitative estimate of drug-likeness (QED) is 0.171. The summed E-state index contributed by atoms with van der Waals surface area (Å²) in [6, 6.07) is 10.3. The summed E-state index contributed by atoms with van der Waals surface area (Å²) in [4.78, 5) is 0. The molecule has 2 aromatic rings. The third-order valence-corrected chi connectivity index (χ3v) is 6.44. The van der Waals surface area contributed by atoms with Crippen LogP contribution in [0.2, 0.25) is 0 Å². The van der Waals surface area contributed by atoms with Crippen LogP contribution in [0.5, 0.6) is 5.75 Å². The molecule has 2 aromatic carbocycles. The second-order valence-corrected chi connectivity index (χ2v) is 9.63. The van der Waals surface area contributed by atoms with Gasteiger partial charge in [0.2, 0.25) is 0 Å². The number of halogens is 3. The van der Waals surface area contributed by atoms with Crippen molar-refractivity contribution in [3.05, 3.63) is 63.6 Å². The lowest BCUT2D eigenvalue weighted by atomic mass is 10.0. The van der Waals surface area contributed by atoms with Crippen LogP contribution in [-0.4, -0.2) is 12.7 Å². The number of hydrogen-bond acceptors (Lipinski definition) is 2. The lowest BCUT2D eigenvalue weighted by molar-refractivity contribution is 0.431. The van der Waals surface area contributed by atoms with Crippen LogP contribution in [0.3, 0.4) is 0 Å². The fourth-order valence-corrected chi connectivity index (χ4v) is 4.01. The fourth-order valence-electron chi connectivity index (χ4n) is 3.77. The zero-order valence-corrected chi connectivity index (χ0v) is 22.5. The van der Waals surface area contributed by atoms with Gasteiger partial charge in [0.25, 0.3) is 0 Å². The second-order valence-electron chi connectivity index (χ2n) is 8.77. The summed E-state index contributed by atoms with van der Waals surface area (Å²) >= 11 is 3.16. The molecule has 0 heterocycles. The van der Waals surface area contributed by atoms with Gasteiger partial charge in [0.1, 0.15) is 11.6 Å². The van der Waals surface area contributed by atoms with Crippen molar-refractivity contribution in [1.82, 2.24) is 0 Å². The van der Waals surface area contributed by atoms with Gasteiger partial charge in [-0.3, -0.25) is 0 Å². The Morgan fingerprint density at radius 3 is 1.65 bits per heavy atom. The van der Waals surface area contributed by atoms with Gasteiger partial charge in [0.15, 0.2) is 5.82 Å². The van der Waals surface area contributed by atoms with Crippen molar-refractivity contribution in [2.24, 2.45) is 0 Å². The Kier molecular flexibility index (Phi) is 17.9. The van der Waals surface area contributed by atoms with Crippen LogP contribution in [0.4, 0.5) is 8.78 Å². The van der Waals surface area contributed by atoms with Crippen LogP contribution < -0.4 is 4.65 Å². The molecule has 0 spiro atoms. The summed E-state index contributed by atoms with van der Waals surface area (Å²) in [6.45, 7) is 4.43. The maximum absolute atomic E-state index is 13.5. The number of unbranched alkanes of at least 4 members (excludes halogenated alkanes) is 10. The molecule has 1 N–H and O–H groups in total. The van der Waals surface area contributed by atoms with Gasteiger partial charge in [-0.1, -0.05) is 90.2 Å². The SMILES string of the molecule is CCCCCCCCc1ccc(Br)c(F)c1.CCCCCCCCc1ccc(O[B]O)c(F)c1. The molecule has 2 rings (SSSR count). The lowest BCUT2D eigenvalue weighted by Gasteiger charge is -2.06. The molecular formula is C28H41BBrF2O2. The van der Waals surface area contributed by atoms with E-state index in [-0.39, 0.29) is 11.6 Å². The van der Waals surface area contributed by atoms with Crippen molar-refractivity contribution >= 4 is 23.6 Å². The Hall–Kier alpha value is -1.40. The van der Waals surface area contributed by atoms with Gasteiger partial charge in [-0.25, -0.2) is 8.78 Å². The number of hydrogen-bond donors (Lipinski definition) is 1. The van der Waals surface area contributed by atoms with E-state index >= 15 is 0 Å². The Labute approximate surface area is 214 Å². The van der Waals surface area contributed by atoms with Crippen LogP contribution >= 0.6 is 15.9 Å². The van der Waals surface area contributed by atoms with E-state index in [1.165, 1.54) is 76.7 Å². The average Bonchev–Trinajstić information content (AvgIpc) is 2.83. The van der Waals surface area contributed by atoms with Crippen molar-refractivity contribution in [2.75, 3.05) is 0 Å². The average molecular weight is 538 g/mol. The Morgan fingerprint density at radius 1 is 0.706 bits per heavy atom. The van der Waals surface area contributed by atoms with E-state index in [2.05, 4.69) is 34.4 Å². The first kappa shape index (κ1) is 30.6. The van der Waals surface area contributed by atoms with Crippen LogP contribution in [0.1, 0.15) is 102 Å². The standard InChI is InChI=1S/C14H21BFO2.C14H20BrF/c1-2-3-4-5-6-7-8-12-9-10-14(18-15-17)13(16)11-12;1-2-3-4-5-6-7-8-12-9-10-13(15)14(16)11-12/h9-11,17H,2-8H2,1H3;9-11H,2-8H2,1H3. The van der Waals surface area contributed by atoms with E-state index in [0.29, 0.717) is 12.2 Å². The Balaban J connectivity index is 0.000000342. The van der Waals surface area contributed by atoms with E-state index in [0.717, 1.165) is 30.4 Å². The van der Waals surface area contributed by atoms with Crippen molar-refractivity contribution in [2.45, 2.75) is 104 Å². The van der Waals surface area contributed by atoms with E-state index in [4.69, 9.17) is 5.02 Å². The van der Waals surface area contributed by atoms with Gasteiger partial charge in [0, 0.05) is 0 Å². The summed E-state index contributed by atoms with van der Waals surface area (Å²) in [5.74, 6) is -0.517. The highest BCUT2D eigenvalue weighted by Gasteiger charge is 2.05. The predicted octanol–water partition coefficient (Wildman–Crippen LogP) is 9.13. The second kappa shape index (κ2) is 19.9. The van der Waals surface area contributed by atoms with E-state index in [1.807, 2.05) is 12.1 Å². The molecule has 0 saturated heterocycles. The molecule has 0 aliphatic carbocycles. The summed E-state index contributed by atoms with van der Waals surface area (Å²) < 4.78 is 31.8. The maximum Gasteiger partial charge on any atom is 0.569 e. The molecule has 1 radical (unpaired) electrons. The van der Waals surface area contributed by atoms with Gasteiger partial charge < -0.3 is 9.68 Å². The molecule has 0 saturated carbocycles. The number of benzene rings is 2. The first-order valence-electron chi connectivity index (χ1n) is 12.9. The topological polar surface area (TPSA) is 29.5 Å². The molecule has 6 heteroatoms. The van der Waals surface area contributed by atoms with Crippen LogP contribution in [0.25, 0.3) is 0 Å². The monoisotopic (exact) mass is 537 g/mol. The first-order chi connectivity index (χ1) is 16.5. The van der Waals surface area contributed by atoms with Gasteiger partial charge in [-0.05, 0) is 77.0 Å². The molecule has 0 amide bonds. The van der Waals surface area contributed by atoms with Gasteiger partial charge >= 0.3 is 7.69 Å². The zero-order chi connectivity index (χ0) is 25.0. The van der Waals surface area contributed by atoms with E-state index in [9.17, 15) is 8.78 Å². The third-order valence-electron chi connectivity index (χ3n) is 5.80. The fraction of sp³-hybridized carbons (Fsp3) is 0.571. The summed E-state index contributed by atoms with van der Waals surface area (Å²) in [5.41, 5.74) is 2.09. The van der Waals surface area contributed by atoms with Crippen LogP contribution in [-0.2, 0) is 12.8 Å². The molecule has 0 fully saturated rings. The molecule has 0 unspecified atom stereocenters. The predicted molar refractivity (Wildman–Crippen MR) is 143 cm³/mol. The molecule has 0 aliphatic heterocycles. The lowest BCUT2D eigenvalue weighted by Crippen LogP contribution is -2.02. The number of rotatable bonds is 16. The number of aryl methyl sites for hydroxylation is 2. The molecule has 0 atom stereocenters. The highest BCUT2D eigenvalue weighted by Crippen LogP contribution is 2.20. The first-order valence-corrected chi connectivity index (χ1v) is 13.7. The minimum atomic E-state index is -0.427. The van der Waals surface area contributed by atoms with Crippen molar-refractivity contribution in [1.29, 1.82) is 0 Å². The normalized spacial score (nSPS) is 10.5. The maximum atomic E-state index is 13.5. The molecule has 0 bridgehead atoms. The smallest absolute Gasteiger partial charge is 0.535 e. The van der Waals surface area contributed by atoms with E-state index < -0.39 is 5.82 Å². The minimum absolute atomic E-state index is 0.0594. The molecule has 0 aliphatic rings. The molecular weight excluding hydrogens is 497 g/mol. The van der Waals surface area contributed by atoms with Crippen LogP contribution in [0, 0.1) is 11.6 Å². The largest absolute Gasteiger partial charge is 0.569 e.